The smallest absolute Gasteiger partial charge is 0.142 e. The summed E-state index contributed by atoms with van der Waals surface area (Å²) in [6.45, 7) is 0.0288. The van der Waals surface area contributed by atoms with E-state index in [4.69, 9.17) is 28.3 Å². The molecule has 118 valence electrons. The van der Waals surface area contributed by atoms with Gasteiger partial charge in [-0.2, -0.15) is 0 Å². The molecule has 0 aromatic heterocycles. The van der Waals surface area contributed by atoms with Gasteiger partial charge in [0, 0.05) is 13.0 Å². The number of carbonyl (C=O) groups is 1. The van der Waals surface area contributed by atoms with Crippen LogP contribution in [0.15, 0.2) is 36.4 Å². The topological polar surface area (TPSA) is 37.3 Å². The Morgan fingerprint density at radius 3 is 1.91 bits per heavy atom. The third-order valence-corrected chi connectivity index (χ3v) is 3.30. The fraction of sp³-hybridized carbons (Fsp3) is 0.188. The molecule has 0 saturated heterocycles. The van der Waals surface area contributed by atoms with E-state index in [1.807, 2.05) is 0 Å². The monoisotopic (exact) mass is 346 g/mol. The molecular weight excluding hydrogens is 333 g/mol. The third-order valence-electron chi connectivity index (χ3n) is 2.69. The number of benzene rings is 2. The van der Waals surface area contributed by atoms with Crippen LogP contribution >= 0.6 is 23.2 Å². The van der Waals surface area contributed by atoms with Gasteiger partial charge in [0.25, 0.3) is 0 Å². The Balaban J connectivity index is 0.000000220. The van der Waals surface area contributed by atoms with Gasteiger partial charge in [-0.05, 0) is 41.8 Å². The van der Waals surface area contributed by atoms with E-state index in [1.165, 1.54) is 24.3 Å². The lowest BCUT2D eigenvalue weighted by Crippen LogP contribution is -1.91. The van der Waals surface area contributed by atoms with E-state index < -0.39 is 11.6 Å². The number of hydrogen-bond donors (Lipinski definition) is 1. The third kappa shape index (κ3) is 6.10. The number of carbonyl (C=O) groups excluding carboxylic acids is 1. The van der Waals surface area contributed by atoms with Gasteiger partial charge in [-0.15, -0.1) is 0 Å². The van der Waals surface area contributed by atoms with E-state index in [0.717, 1.165) is 11.8 Å². The molecule has 0 aliphatic carbocycles. The van der Waals surface area contributed by atoms with Crippen LogP contribution in [0.4, 0.5) is 8.78 Å². The average Bonchev–Trinajstić information content (AvgIpc) is 2.48. The lowest BCUT2D eigenvalue weighted by Gasteiger charge is -1.98. The van der Waals surface area contributed by atoms with Gasteiger partial charge in [0.1, 0.15) is 17.9 Å². The van der Waals surface area contributed by atoms with Gasteiger partial charge in [-0.3, -0.25) is 0 Å². The summed E-state index contributed by atoms with van der Waals surface area (Å²) < 4.78 is 25.3. The van der Waals surface area contributed by atoms with Gasteiger partial charge < -0.3 is 9.90 Å². The SMILES string of the molecule is O=CCc1ccc(Cl)c(F)c1.OCCc1ccc(Cl)c(F)c1. The summed E-state index contributed by atoms with van der Waals surface area (Å²) in [7, 11) is 0. The standard InChI is InChI=1S/C8H8ClFO.C8H6ClFO/c2*9-7-2-1-6(3-4-11)5-8(7)10/h1-2,5,11H,3-4H2;1-2,4-5H,3H2. The molecule has 22 heavy (non-hydrogen) atoms. The van der Waals surface area contributed by atoms with Crippen LogP contribution in [0, 0.1) is 11.6 Å². The molecular formula is C16H14Cl2F2O2. The van der Waals surface area contributed by atoms with Crippen molar-refractivity contribution in [2.24, 2.45) is 0 Å². The summed E-state index contributed by atoms with van der Waals surface area (Å²) >= 11 is 10.9. The van der Waals surface area contributed by atoms with Crippen LogP contribution in [0.3, 0.4) is 0 Å². The Morgan fingerprint density at radius 1 is 0.955 bits per heavy atom. The molecule has 2 rings (SSSR count). The number of hydrogen-bond acceptors (Lipinski definition) is 2. The van der Waals surface area contributed by atoms with Crippen molar-refractivity contribution in [1.29, 1.82) is 0 Å². The van der Waals surface area contributed by atoms with Crippen LogP contribution in [0.25, 0.3) is 0 Å². The minimum Gasteiger partial charge on any atom is -0.396 e. The van der Waals surface area contributed by atoms with Crippen molar-refractivity contribution in [3.63, 3.8) is 0 Å². The molecule has 2 nitrogen and oxygen atoms in total. The molecule has 0 aliphatic rings. The summed E-state index contributed by atoms with van der Waals surface area (Å²) in [5, 5.41) is 8.72. The minimum atomic E-state index is -0.481. The van der Waals surface area contributed by atoms with Crippen molar-refractivity contribution < 1.29 is 18.7 Å². The van der Waals surface area contributed by atoms with E-state index in [9.17, 15) is 13.6 Å². The Morgan fingerprint density at radius 2 is 1.45 bits per heavy atom. The van der Waals surface area contributed by atoms with Crippen LogP contribution in [0.2, 0.25) is 10.0 Å². The number of aliphatic hydroxyl groups excluding tert-OH is 1. The zero-order valence-corrected chi connectivity index (χ0v) is 13.0. The first-order chi connectivity index (χ1) is 10.5. The molecule has 0 spiro atoms. The molecule has 0 bridgehead atoms. The Labute approximate surface area is 137 Å². The molecule has 1 N–H and O–H groups in total. The summed E-state index contributed by atoms with van der Waals surface area (Å²) in [6.07, 6.45) is 1.42. The second kappa shape index (κ2) is 9.51. The first-order valence-corrected chi connectivity index (χ1v) is 7.16. The second-order valence-electron chi connectivity index (χ2n) is 4.34. The van der Waals surface area contributed by atoms with Gasteiger partial charge in [0.2, 0.25) is 0 Å². The zero-order chi connectivity index (χ0) is 16.5. The molecule has 0 heterocycles. The minimum absolute atomic E-state index is 0.0288. The second-order valence-corrected chi connectivity index (χ2v) is 5.16. The van der Waals surface area contributed by atoms with Gasteiger partial charge in [0.05, 0.1) is 10.0 Å². The van der Waals surface area contributed by atoms with Crippen molar-refractivity contribution >= 4 is 29.5 Å². The Bertz CT molecular complexity index is 634. The van der Waals surface area contributed by atoms with Gasteiger partial charge in [-0.1, -0.05) is 35.3 Å². The highest BCUT2D eigenvalue weighted by molar-refractivity contribution is 6.31. The van der Waals surface area contributed by atoms with Crippen LogP contribution in [-0.2, 0) is 17.6 Å². The number of aldehydes is 1. The first kappa shape index (κ1) is 18.6. The van der Waals surface area contributed by atoms with Crippen LogP contribution in [0.5, 0.6) is 0 Å². The summed E-state index contributed by atoms with van der Waals surface area (Å²) in [4.78, 5) is 10.0. The van der Waals surface area contributed by atoms with Gasteiger partial charge in [-0.25, -0.2) is 8.78 Å². The molecule has 6 heteroatoms. The summed E-state index contributed by atoms with van der Waals surface area (Å²) in [6, 6.07) is 8.84. The van der Waals surface area contributed by atoms with E-state index in [0.29, 0.717) is 12.0 Å². The molecule has 0 radical (unpaired) electrons. The highest BCUT2D eigenvalue weighted by Gasteiger charge is 2.00. The molecule has 0 fully saturated rings. The molecule has 2 aromatic rings. The van der Waals surface area contributed by atoms with Crippen molar-refractivity contribution in [2.45, 2.75) is 12.8 Å². The fourth-order valence-corrected chi connectivity index (χ4v) is 1.82. The fourth-order valence-electron chi connectivity index (χ4n) is 1.59. The highest BCUT2D eigenvalue weighted by atomic mass is 35.5. The van der Waals surface area contributed by atoms with Crippen molar-refractivity contribution in [3.05, 3.63) is 69.2 Å². The maximum atomic E-state index is 12.7. The zero-order valence-electron chi connectivity index (χ0n) is 11.5. The molecule has 0 unspecified atom stereocenters. The van der Waals surface area contributed by atoms with Crippen molar-refractivity contribution in [1.82, 2.24) is 0 Å². The van der Waals surface area contributed by atoms with E-state index >= 15 is 0 Å². The van der Waals surface area contributed by atoms with Gasteiger partial charge in [0.15, 0.2) is 0 Å². The lowest BCUT2D eigenvalue weighted by atomic mass is 10.2. The summed E-state index contributed by atoms with van der Waals surface area (Å²) in [5.74, 6) is -0.913. The number of halogens is 4. The van der Waals surface area contributed by atoms with Crippen LogP contribution < -0.4 is 0 Å². The predicted molar refractivity (Wildman–Crippen MR) is 83.4 cm³/mol. The Kier molecular flexibility index (Phi) is 8.02. The predicted octanol–water partition coefficient (Wildman–Crippen LogP) is 4.23. The largest absolute Gasteiger partial charge is 0.396 e. The molecule has 0 saturated carbocycles. The van der Waals surface area contributed by atoms with E-state index in [-0.39, 0.29) is 23.1 Å². The molecule has 0 aliphatic heterocycles. The molecule has 2 aromatic carbocycles. The first-order valence-electron chi connectivity index (χ1n) is 6.40. The van der Waals surface area contributed by atoms with Crippen molar-refractivity contribution in [2.75, 3.05) is 6.61 Å². The van der Waals surface area contributed by atoms with E-state index in [1.54, 1.807) is 12.1 Å². The maximum Gasteiger partial charge on any atom is 0.142 e. The van der Waals surface area contributed by atoms with E-state index in [2.05, 4.69) is 0 Å². The lowest BCUT2D eigenvalue weighted by molar-refractivity contribution is -0.107. The summed E-state index contributed by atoms with van der Waals surface area (Å²) in [5.41, 5.74) is 1.40. The quantitative estimate of drug-likeness (QED) is 0.841. The average molecular weight is 347 g/mol. The van der Waals surface area contributed by atoms with Crippen LogP contribution in [0.1, 0.15) is 11.1 Å². The number of aliphatic hydroxyl groups is 1. The molecule has 0 amide bonds. The van der Waals surface area contributed by atoms with Crippen LogP contribution in [-0.4, -0.2) is 18.0 Å². The van der Waals surface area contributed by atoms with Crippen molar-refractivity contribution in [3.8, 4) is 0 Å². The molecule has 0 atom stereocenters. The normalized spacial score (nSPS) is 9.86. The highest BCUT2D eigenvalue weighted by Crippen LogP contribution is 2.16. The Hall–Kier alpha value is -1.49. The maximum absolute atomic E-state index is 12.7. The van der Waals surface area contributed by atoms with Gasteiger partial charge >= 0.3 is 0 Å². The number of rotatable bonds is 4.